The van der Waals surface area contributed by atoms with Gasteiger partial charge in [-0.25, -0.2) is 4.79 Å². The lowest BCUT2D eigenvalue weighted by Crippen LogP contribution is -2.60. The molecular weight excluding hydrogens is 370 g/mol. The molecule has 0 radical (unpaired) electrons. The molecule has 0 aromatic heterocycles. The zero-order chi connectivity index (χ0) is 20.4. The quantitative estimate of drug-likeness (QED) is 0.720. The van der Waals surface area contributed by atoms with Gasteiger partial charge >= 0.3 is 5.97 Å². The summed E-state index contributed by atoms with van der Waals surface area (Å²) in [4.78, 5) is 36.1. The second-order valence-electron chi connectivity index (χ2n) is 8.78. The molecule has 7 nitrogen and oxygen atoms in total. The molecule has 4 aliphatic rings. The lowest BCUT2D eigenvalue weighted by Gasteiger charge is -2.56. The monoisotopic (exact) mass is 395 g/mol. The summed E-state index contributed by atoms with van der Waals surface area (Å²) in [5.41, 5.74) is 0.689. The lowest BCUT2D eigenvalue weighted by molar-refractivity contribution is -0.130. The van der Waals surface area contributed by atoms with Gasteiger partial charge in [0.05, 0.1) is 11.6 Å². The molecule has 0 saturated heterocycles. The van der Waals surface area contributed by atoms with Crippen molar-refractivity contribution in [1.82, 2.24) is 5.32 Å². The highest BCUT2D eigenvalue weighted by atomic mass is 16.5. The van der Waals surface area contributed by atoms with E-state index in [0.717, 1.165) is 37.0 Å². The standard InChI is InChI=1S/C22H25N3O4/c23-6-5-19(26)24-18-3-1-17(2-4-18)21(28)29-13-20(27)25-22-10-14-7-15(11-22)9-16(8-14)12-22/h1-4,14-16H,5,7-13H2,(H,24,26)(H,25,27). The zero-order valence-electron chi connectivity index (χ0n) is 16.3. The molecule has 2 N–H and O–H groups in total. The molecule has 0 unspecified atom stereocenters. The Morgan fingerprint density at radius 3 is 2.14 bits per heavy atom. The lowest BCUT2D eigenvalue weighted by atomic mass is 9.53. The molecule has 7 heteroatoms. The van der Waals surface area contributed by atoms with Crippen LogP contribution in [-0.4, -0.2) is 29.9 Å². The molecule has 0 heterocycles. The van der Waals surface area contributed by atoms with E-state index in [1.807, 2.05) is 0 Å². The largest absolute Gasteiger partial charge is 0.452 e. The number of benzene rings is 1. The molecule has 152 valence electrons. The third kappa shape index (κ3) is 4.42. The fourth-order valence-corrected chi connectivity index (χ4v) is 5.78. The van der Waals surface area contributed by atoms with Gasteiger partial charge in [0.15, 0.2) is 6.61 Å². The van der Waals surface area contributed by atoms with E-state index >= 15 is 0 Å². The second kappa shape index (κ2) is 7.86. The van der Waals surface area contributed by atoms with Crippen molar-refractivity contribution in [2.24, 2.45) is 17.8 Å². The number of anilines is 1. The Morgan fingerprint density at radius 1 is 1.00 bits per heavy atom. The van der Waals surface area contributed by atoms with Crippen LogP contribution in [-0.2, 0) is 14.3 Å². The van der Waals surface area contributed by atoms with Crippen LogP contribution in [0.1, 0.15) is 55.3 Å². The van der Waals surface area contributed by atoms with Crippen LogP contribution in [0.4, 0.5) is 5.69 Å². The number of esters is 1. The molecule has 4 fully saturated rings. The van der Waals surface area contributed by atoms with Gasteiger partial charge in [-0.15, -0.1) is 0 Å². The Bertz CT molecular complexity index is 821. The van der Waals surface area contributed by atoms with Crippen LogP contribution in [0.3, 0.4) is 0 Å². The zero-order valence-corrected chi connectivity index (χ0v) is 16.3. The van der Waals surface area contributed by atoms with Crippen LogP contribution in [0, 0.1) is 29.1 Å². The van der Waals surface area contributed by atoms with E-state index in [-0.39, 0.29) is 24.5 Å². The number of carbonyl (C=O) groups excluding carboxylic acids is 3. The third-order valence-corrected chi connectivity index (χ3v) is 6.42. The topological polar surface area (TPSA) is 108 Å². The van der Waals surface area contributed by atoms with Crippen molar-refractivity contribution in [3.05, 3.63) is 29.8 Å². The van der Waals surface area contributed by atoms with Crippen LogP contribution >= 0.6 is 0 Å². The highest BCUT2D eigenvalue weighted by Crippen LogP contribution is 2.55. The molecular formula is C22H25N3O4. The van der Waals surface area contributed by atoms with Crippen molar-refractivity contribution in [3.8, 4) is 6.07 Å². The molecule has 5 rings (SSSR count). The van der Waals surface area contributed by atoms with Gasteiger partial charge in [0.2, 0.25) is 5.91 Å². The number of rotatable bonds is 6. The smallest absolute Gasteiger partial charge is 0.338 e. The number of carbonyl (C=O) groups is 3. The first-order valence-corrected chi connectivity index (χ1v) is 10.2. The maximum Gasteiger partial charge on any atom is 0.338 e. The summed E-state index contributed by atoms with van der Waals surface area (Å²) in [6, 6.07) is 7.91. The van der Waals surface area contributed by atoms with Gasteiger partial charge in [-0.1, -0.05) is 0 Å². The molecule has 0 aliphatic heterocycles. The Hall–Kier alpha value is -2.88. The molecule has 4 aliphatic carbocycles. The van der Waals surface area contributed by atoms with Crippen LogP contribution in [0.5, 0.6) is 0 Å². The number of hydrogen-bond acceptors (Lipinski definition) is 5. The van der Waals surface area contributed by atoms with Crippen molar-refractivity contribution >= 4 is 23.5 Å². The molecule has 1 aromatic carbocycles. The van der Waals surface area contributed by atoms with Crippen molar-refractivity contribution < 1.29 is 19.1 Å². The SMILES string of the molecule is N#CCC(=O)Nc1ccc(C(=O)OCC(=O)NC23CC4CC(CC(C4)C2)C3)cc1. The predicted molar refractivity (Wildman–Crippen MR) is 105 cm³/mol. The fraction of sp³-hybridized carbons (Fsp3) is 0.545. The van der Waals surface area contributed by atoms with E-state index in [2.05, 4.69) is 10.6 Å². The molecule has 2 amide bonds. The fourth-order valence-electron chi connectivity index (χ4n) is 5.78. The average Bonchev–Trinajstić information content (AvgIpc) is 2.65. The van der Waals surface area contributed by atoms with Gasteiger partial charge in [-0.2, -0.15) is 5.26 Å². The number of nitrogens with one attached hydrogen (secondary N) is 2. The summed E-state index contributed by atoms with van der Waals surface area (Å²) in [6.07, 6.45) is 6.83. The van der Waals surface area contributed by atoms with Crippen molar-refractivity contribution in [2.75, 3.05) is 11.9 Å². The molecule has 4 bridgehead atoms. The predicted octanol–water partition coefficient (Wildman–Crippen LogP) is 2.78. The maximum absolute atomic E-state index is 12.4. The van der Waals surface area contributed by atoms with Gasteiger partial charge in [0.1, 0.15) is 6.42 Å². The van der Waals surface area contributed by atoms with Gasteiger partial charge in [-0.05, 0) is 80.5 Å². The van der Waals surface area contributed by atoms with Crippen LogP contribution in [0.2, 0.25) is 0 Å². The van der Waals surface area contributed by atoms with E-state index in [1.165, 1.54) is 31.4 Å². The highest BCUT2D eigenvalue weighted by molar-refractivity contribution is 5.94. The molecule has 0 atom stereocenters. The van der Waals surface area contributed by atoms with Gasteiger partial charge in [-0.3, -0.25) is 9.59 Å². The van der Waals surface area contributed by atoms with Gasteiger partial charge < -0.3 is 15.4 Å². The van der Waals surface area contributed by atoms with Crippen molar-refractivity contribution in [2.45, 2.75) is 50.5 Å². The third-order valence-electron chi connectivity index (χ3n) is 6.42. The minimum Gasteiger partial charge on any atom is -0.452 e. The van der Waals surface area contributed by atoms with Gasteiger partial charge in [0, 0.05) is 11.2 Å². The maximum atomic E-state index is 12.4. The van der Waals surface area contributed by atoms with E-state index in [1.54, 1.807) is 18.2 Å². The first-order valence-electron chi connectivity index (χ1n) is 10.2. The molecule has 1 aromatic rings. The summed E-state index contributed by atoms with van der Waals surface area (Å²) in [7, 11) is 0. The average molecular weight is 395 g/mol. The Balaban J connectivity index is 1.27. The number of ether oxygens (including phenoxy) is 1. The molecule has 29 heavy (non-hydrogen) atoms. The van der Waals surface area contributed by atoms with E-state index in [9.17, 15) is 14.4 Å². The Labute approximate surface area is 169 Å². The minimum absolute atomic E-state index is 0.0957. The minimum atomic E-state index is -0.583. The summed E-state index contributed by atoms with van der Waals surface area (Å²) in [5.74, 6) is 0.967. The molecule has 4 saturated carbocycles. The van der Waals surface area contributed by atoms with Crippen molar-refractivity contribution in [1.29, 1.82) is 5.26 Å². The summed E-state index contributed by atoms with van der Waals surface area (Å²) in [6.45, 7) is -0.290. The first-order chi connectivity index (χ1) is 13.9. The molecule has 0 spiro atoms. The summed E-state index contributed by atoms with van der Waals surface area (Å²) in [5, 5.41) is 14.2. The van der Waals surface area contributed by atoms with E-state index in [4.69, 9.17) is 10.00 Å². The number of nitrogens with zero attached hydrogens (tertiary/aromatic N) is 1. The summed E-state index contributed by atoms with van der Waals surface area (Å²) < 4.78 is 5.18. The van der Waals surface area contributed by atoms with Crippen LogP contribution in [0.15, 0.2) is 24.3 Å². The highest BCUT2D eigenvalue weighted by Gasteiger charge is 2.51. The number of nitriles is 1. The van der Waals surface area contributed by atoms with E-state index in [0.29, 0.717) is 11.3 Å². The van der Waals surface area contributed by atoms with Gasteiger partial charge in [0.25, 0.3) is 5.91 Å². The normalized spacial score (nSPS) is 29.0. The van der Waals surface area contributed by atoms with Crippen molar-refractivity contribution in [3.63, 3.8) is 0 Å². The van der Waals surface area contributed by atoms with E-state index < -0.39 is 11.9 Å². The number of amides is 2. The van der Waals surface area contributed by atoms with Crippen LogP contribution in [0.25, 0.3) is 0 Å². The van der Waals surface area contributed by atoms with Crippen LogP contribution < -0.4 is 10.6 Å². The first kappa shape index (κ1) is 19.4. The Morgan fingerprint density at radius 2 is 1.59 bits per heavy atom. The number of hydrogen-bond donors (Lipinski definition) is 2. The second-order valence-corrected chi connectivity index (χ2v) is 8.78. The Kier molecular flexibility index (Phi) is 5.27. The summed E-state index contributed by atoms with van der Waals surface area (Å²) >= 11 is 0.